The number of carbonyl (C=O) groups excluding carboxylic acids is 2. The zero-order valence-corrected chi connectivity index (χ0v) is 12.5. The molecule has 1 saturated carbocycles. The molecule has 1 fully saturated rings. The maximum absolute atomic E-state index is 12.1. The van der Waals surface area contributed by atoms with Gasteiger partial charge in [0.05, 0.1) is 11.3 Å². The van der Waals surface area contributed by atoms with Gasteiger partial charge in [-0.25, -0.2) is 0 Å². The van der Waals surface area contributed by atoms with Crippen LogP contribution in [0.1, 0.15) is 43.4 Å². The number of hydrogen-bond donors (Lipinski definition) is 1. The van der Waals surface area contributed by atoms with Gasteiger partial charge in [0.2, 0.25) is 0 Å². The molecule has 1 N–H and O–H groups in total. The van der Waals surface area contributed by atoms with Gasteiger partial charge >= 0.3 is 0 Å². The number of aryl methyl sites for hydroxylation is 2. The van der Waals surface area contributed by atoms with Gasteiger partial charge in [-0.15, -0.1) is 0 Å². The molecular weight excluding hydrogens is 280 g/mol. The number of aliphatic hydroxyl groups is 1. The van der Waals surface area contributed by atoms with E-state index in [1.807, 2.05) is 6.92 Å². The average molecular weight is 297 g/mol. The number of allylic oxidation sites excluding steroid dienone is 2. The fraction of sp³-hybridized carbons (Fsp3) is 0.500. The molecule has 1 aliphatic carbocycles. The van der Waals surface area contributed by atoms with Gasteiger partial charge in [-0.3, -0.25) is 14.3 Å². The SMILES string of the molecule is CCC(O)=C1C(=O)CC(c2c(C)nn(C)c2Cl)CC1=O. The Hall–Kier alpha value is -1.62. The van der Waals surface area contributed by atoms with E-state index < -0.39 is 0 Å². The molecule has 0 amide bonds. The molecule has 0 radical (unpaired) electrons. The van der Waals surface area contributed by atoms with E-state index in [4.69, 9.17) is 11.6 Å². The van der Waals surface area contributed by atoms with Gasteiger partial charge in [-0.2, -0.15) is 5.10 Å². The molecule has 1 heterocycles. The monoisotopic (exact) mass is 296 g/mol. The Balaban J connectivity index is 2.37. The van der Waals surface area contributed by atoms with E-state index in [1.54, 1.807) is 14.0 Å². The highest BCUT2D eigenvalue weighted by Gasteiger charge is 2.36. The zero-order chi connectivity index (χ0) is 15.0. The van der Waals surface area contributed by atoms with Crippen molar-refractivity contribution in [1.29, 1.82) is 0 Å². The first-order chi connectivity index (χ1) is 9.36. The molecule has 6 heteroatoms. The van der Waals surface area contributed by atoms with E-state index in [9.17, 15) is 14.7 Å². The highest BCUT2D eigenvalue weighted by molar-refractivity contribution is 6.30. The van der Waals surface area contributed by atoms with Crippen LogP contribution in [-0.2, 0) is 16.6 Å². The number of ketones is 2. The zero-order valence-electron chi connectivity index (χ0n) is 11.7. The number of Topliss-reactive ketones (excluding diaryl/α,β-unsaturated/α-hetero) is 2. The lowest BCUT2D eigenvalue weighted by Crippen LogP contribution is -2.26. The molecule has 1 aromatic rings. The molecule has 1 aliphatic rings. The van der Waals surface area contributed by atoms with Crippen LogP contribution in [0.15, 0.2) is 11.3 Å². The van der Waals surface area contributed by atoms with Crippen molar-refractivity contribution in [2.24, 2.45) is 7.05 Å². The molecule has 20 heavy (non-hydrogen) atoms. The van der Waals surface area contributed by atoms with Crippen LogP contribution in [0.3, 0.4) is 0 Å². The molecule has 5 nitrogen and oxygen atoms in total. The lowest BCUT2D eigenvalue weighted by Gasteiger charge is -2.22. The normalized spacial score (nSPS) is 19.6. The van der Waals surface area contributed by atoms with Crippen LogP contribution in [0.4, 0.5) is 0 Å². The Morgan fingerprint density at radius 1 is 1.40 bits per heavy atom. The maximum atomic E-state index is 12.1. The van der Waals surface area contributed by atoms with E-state index >= 15 is 0 Å². The highest BCUT2D eigenvalue weighted by Crippen LogP contribution is 2.37. The van der Waals surface area contributed by atoms with Crippen LogP contribution >= 0.6 is 11.6 Å². The summed E-state index contributed by atoms with van der Waals surface area (Å²) in [6.45, 7) is 3.52. The van der Waals surface area contributed by atoms with Crippen LogP contribution in [0.2, 0.25) is 5.15 Å². The summed E-state index contributed by atoms with van der Waals surface area (Å²) in [5.74, 6) is -1.01. The Labute approximate surface area is 122 Å². The quantitative estimate of drug-likeness (QED) is 0.517. The van der Waals surface area contributed by atoms with Crippen molar-refractivity contribution >= 4 is 23.2 Å². The van der Waals surface area contributed by atoms with Gasteiger partial charge in [-0.05, 0) is 6.92 Å². The Bertz CT molecular complexity index is 596. The number of rotatable bonds is 2. The van der Waals surface area contributed by atoms with Crippen LogP contribution in [0.25, 0.3) is 0 Å². The molecule has 0 atom stereocenters. The van der Waals surface area contributed by atoms with E-state index in [2.05, 4.69) is 5.10 Å². The Kier molecular flexibility index (Phi) is 3.99. The predicted molar refractivity (Wildman–Crippen MR) is 74.9 cm³/mol. The summed E-state index contributed by atoms with van der Waals surface area (Å²) in [4.78, 5) is 24.2. The molecule has 108 valence electrons. The lowest BCUT2D eigenvalue weighted by atomic mass is 9.79. The van der Waals surface area contributed by atoms with Gasteiger partial charge in [0.25, 0.3) is 0 Å². The molecular formula is C14H17ClN2O3. The molecule has 0 saturated heterocycles. The van der Waals surface area contributed by atoms with Crippen LogP contribution in [-0.4, -0.2) is 26.5 Å². The number of aromatic nitrogens is 2. The summed E-state index contributed by atoms with van der Waals surface area (Å²) in [6.07, 6.45) is 0.638. The Morgan fingerprint density at radius 2 is 1.95 bits per heavy atom. The first-order valence-corrected chi connectivity index (χ1v) is 6.92. The van der Waals surface area contributed by atoms with E-state index in [0.29, 0.717) is 5.15 Å². The number of halogens is 1. The molecule has 0 bridgehead atoms. The van der Waals surface area contributed by atoms with Gasteiger partial charge < -0.3 is 5.11 Å². The van der Waals surface area contributed by atoms with Crippen molar-refractivity contribution in [2.75, 3.05) is 0 Å². The van der Waals surface area contributed by atoms with Gasteiger partial charge in [0.15, 0.2) is 11.6 Å². The van der Waals surface area contributed by atoms with E-state index in [-0.39, 0.29) is 48.1 Å². The fourth-order valence-corrected chi connectivity index (χ4v) is 3.02. The Morgan fingerprint density at radius 3 is 2.35 bits per heavy atom. The third kappa shape index (κ3) is 2.38. The van der Waals surface area contributed by atoms with Gasteiger partial charge in [0.1, 0.15) is 10.9 Å². The predicted octanol–water partition coefficient (Wildman–Crippen LogP) is 2.62. The molecule has 0 unspecified atom stereocenters. The number of aliphatic hydroxyl groups excluding tert-OH is 1. The third-order valence-electron chi connectivity index (χ3n) is 3.65. The first kappa shape index (κ1) is 14.8. The van der Waals surface area contributed by atoms with E-state index in [1.165, 1.54) is 4.68 Å². The molecule has 0 aliphatic heterocycles. The molecule has 2 rings (SSSR count). The summed E-state index contributed by atoms with van der Waals surface area (Å²) >= 11 is 6.19. The smallest absolute Gasteiger partial charge is 0.170 e. The van der Waals surface area contributed by atoms with Crippen molar-refractivity contribution in [2.45, 2.75) is 39.0 Å². The van der Waals surface area contributed by atoms with Crippen LogP contribution < -0.4 is 0 Å². The van der Waals surface area contributed by atoms with Crippen LogP contribution in [0, 0.1) is 6.92 Å². The van der Waals surface area contributed by atoms with Gasteiger partial charge in [-0.1, -0.05) is 18.5 Å². The first-order valence-electron chi connectivity index (χ1n) is 6.54. The second-order valence-electron chi connectivity index (χ2n) is 5.04. The van der Waals surface area contributed by atoms with Crippen molar-refractivity contribution in [3.05, 3.63) is 27.7 Å². The van der Waals surface area contributed by atoms with Gasteiger partial charge in [0, 0.05) is 37.8 Å². The largest absolute Gasteiger partial charge is 0.511 e. The lowest BCUT2D eigenvalue weighted by molar-refractivity contribution is -0.124. The molecule has 1 aromatic heterocycles. The van der Waals surface area contributed by atoms with Crippen molar-refractivity contribution in [1.82, 2.24) is 9.78 Å². The van der Waals surface area contributed by atoms with Crippen molar-refractivity contribution in [3.63, 3.8) is 0 Å². The number of nitrogens with zero attached hydrogens (tertiary/aromatic N) is 2. The molecule has 0 aromatic carbocycles. The average Bonchev–Trinajstić information content (AvgIpc) is 2.62. The molecule has 0 spiro atoms. The van der Waals surface area contributed by atoms with E-state index in [0.717, 1.165) is 11.3 Å². The second kappa shape index (κ2) is 5.40. The summed E-state index contributed by atoms with van der Waals surface area (Å²) in [7, 11) is 1.72. The highest BCUT2D eigenvalue weighted by atomic mass is 35.5. The minimum Gasteiger partial charge on any atom is -0.511 e. The van der Waals surface area contributed by atoms with Crippen molar-refractivity contribution in [3.8, 4) is 0 Å². The summed E-state index contributed by atoms with van der Waals surface area (Å²) < 4.78 is 1.54. The minimum atomic E-state index is -0.315. The maximum Gasteiger partial charge on any atom is 0.170 e. The fourth-order valence-electron chi connectivity index (χ4n) is 2.69. The second-order valence-corrected chi connectivity index (χ2v) is 5.40. The summed E-state index contributed by atoms with van der Waals surface area (Å²) in [5.41, 5.74) is 1.45. The minimum absolute atomic E-state index is 0.0404. The standard InChI is InChI=1S/C14H17ClN2O3/c1-4-9(18)13-10(19)5-8(6-11(13)20)12-7(2)16-17(3)14(12)15/h8,18H,4-6H2,1-3H3. The van der Waals surface area contributed by atoms with Crippen molar-refractivity contribution < 1.29 is 14.7 Å². The number of carbonyl (C=O) groups is 2. The van der Waals surface area contributed by atoms with Crippen LogP contribution in [0.5, 0.6) is 0 Å². The summed E-state index contributed by atoms with van der Waals surface area (Å²) in [6, 6.07) is 0. The third-order valence-corrected chi connectivity index (χ3v) is 4.10. The topological polar surface area (TPSA) is 72.2 Å². The number of hydrogen-bond acceptors (Lipinski definition) is 4. The summed E-state index contributed by atoms with van der Waals surface area (Å²) in [5, 5.41) is 14.4.